The van der Waals surface area contributed by atoms with Crippen LogP contribution in [0.4, 0.5) is 34.1 Å². The van der Waals surface area contributed by atoms with E-state index in [2.05, 4.69) is 192 Å². The third-order valence-electron chi connectivity index (χ3n) is 14.9. The van der Waals surface area contributed by atoms with Gasteiger partial charge in [-0.3, -0.25) is 0 Å². The number of fused-ring (bicyclic) bond motifs is 12. The molecule has 2 spiro atoms. The van der Waals surface area contributed by atoms with Crippen molar-refractivity contribution in [3.05, 3.63) is 215 Å². The monoisotopic (exact) mass is 748 g/mol. The summed E-state index contributed by atoms with van der Waals surface area (Å²) in [5.74, 6) is 0.890. The van der Waals surface area contributed by atoms with Crippen molar-refractivity contribution in [3.63, 3.8) is 0 Å². The summed E-state index contributed by atoms with van der Waals surface area (Å²) < 4.78 is 0. The van der Waals surface area contributed by atoms with E-state index in [1.807, 2.05) is 0 Å². The van der Waals surface area contributed by atoms with Gasteiger partial charge in [0.05, 0.1) is 0 Å². The highest BCUT2D eigenvalue weighted by molar-refractivity contribution is 5.91. The second kappa shape index (κ2) is 13.2. The van der Waals surface area contributed by atoms with Gasteiger partial charge in [-0.1, -0.05) is 135 Å². The van der Waals surface area contributed by atoms with Crippen LogP contribution in [0, 0.1) is 11.8 Å². The fraction of sp³-hybridized carbons (Fsp3) is 0.214. The van der Waals surface area contributed by atoms with Crippen molar-refractivity contribution in [3.8, 4) is 0 Å². The van der Waals surface area contributed by atoms with Crippen molar-refractivity contribution in [2.45, 2.75) is 62.2 Å². The molecular weight excluding hydrogens is 701 g/mol. The molecule has 2 nitrogen and oxygen atoms in total. The zero-order valence-electron chi connectivity index (χ0n) is 33.0. The van der Waals surface area contributed by atoms with Crippen molar-refractivity contribution in [2.24, 2.45) is 11.8 Å². The van der Waals surface area contributed by atoms with Gasteiger partial charge < -0.3 is 9.80 Å². The lowest BCUT2D eigenvalue weighted by Gasteiger charge is -2.46. The first kappa shape index (κ1) is 34.0. The molecule has 5 aliphatic carbocycles. The minimum absolute atomic E-state index is 0.101. The Morgan fingerprint density at radius 3 is 0.966 bits per heavy atom. The van der Waals surface area contributed by atoms with E-state index in [1.54, 1.807) is 22.3 Å². The third-order valence-corrected chi connectivity index (χ3v) is 14.9. The van der Waals surface area contributed by atoms with Crippen LogP contribution in [0.15, 0.2) is 182 Å². The lowest BCUT2D eigenvalue weighted by atomic mass is 9.57. The number of nitrogens with zero attached hydrogens (tertiary/aromatic N) is 2. The van der Waals surface area contributed by atoms with Gasteiger partial charge in [-0.2, -0.15) is 0 Å². The Morgan fingerprint density at radius 2 is 0.638 bits per heavy atom. The number of para-hydroxylation sites is 4. The predicted octanol–water partition coefficient (Wildman–Crippen LogP) is 12.9. The highest BCUT2D eigenvalue weighted by Crippen LogP contribution is 2.70. The number of rotatable bonds is 6. The molecule has 2 unspecified atom stereocenters. The Bertz CT molecular complexity index is 2520. The van der Waals surface area contributed by atoms with E-state index >= 15 is 0 Å². The Kier molecular flexibility index (Phi) is 7.74. The molecule has 2 saturated carbocycles. The molecule has 0 radical (unpaired) electrons. The third kappa shape index (κ3) is 4.84. The van der Waals surface area contributed by atoms with Gasteiger partial charge in [-0.05, 0) is 142 Å². The molecule has 0 heterocycles. The average Bonchev–Trinajstić information content (AvgIpc) is 4.09. The van der Waals surface area contributed by atoms with Gasteiger partial charge in [0.1, 0.15) is 0 Å². The van der Waals surface area contributed by atoms with E-state index in [0.717, 1.165) is 0 Å². The van der Waals surface area contributed by atoms with Crippen molar-refractivity contribution in [2.75, 3.05) is 9.80 Å². The molecule has 5 aliphatic rings. The fourth-order valence-electron chi connectivity index (χ4n) is 12.8. The maximum absolute atomic E-state index is 2.63. The number of hydrogen-bond donors (Lipinski definition) is 0. The zero-order chi connectivity index (χ0) is 38.3. The summed E-state index contributed by atoms with van der Waals surface area (Å²) in [4.78, 5) is 4.94. The smallest absolute Gasteiger partial charge is 0.0464 e. The molecular formula is C56H48N2. The van der Waals surface area contributed by atoms with Gasteiger partial charge in [0.2, 0.25) is 0 Å². The summed E-state index contributed by atoms with van der Waals surface area (Å²) in [6, 6.07) is 68.5. The first-order valence-electron chi connectivity index (χ1n) is 21.7. The molecule has 12 rings (SSSR count). The highest BCUT2D eigenvalue weighted by atomic mass is 15.1. The van der Waals surface area contributed by atoms with E-state index in [-0.39, 0.29) is 10.8 Å². The lowest BCUT2D eigenvalue weighted by molar-refractivity contribution is 0.210. The van der Waals surface area contributed by atoms with Crippen molar-refractivity contribution in [1.29, 1.82) is 0 Å². The van der Waals surface area contributed by atoms with Crippen molar-refractivity contribution >= 4 is 45.3 Å². The molecule has 0 saturated heterocycles. The molecule has 0 amide bonds. The minimum atomic E-state index is 0.101. The van der Waals surface area contributed by atoms with Crippen LogP contribution in [-0.4, -0.2) is 0 Å². The fourth-order valence-corrected chi connectivity index (χ4v) is 12.8. The quantitative estimate of drug-likeness (QED) is 0.167. The van der Waals surface area contributed by atoms with Crippen LogP contribution >= 0.6 is 0 Å². The molecule has 7 aromatic rings. The summed E-state index contributed by atoms with van der Waals surface area (Å²) in [5.41, 5.74) is 17.0. The zero-order valence-corrected chi connectivity index (χ0v) is 33.0. The first-order valence-corrected chi connectivity index (χ1v) is 21.7. The standard InChI is InChI=1S/C56H48N2/c1-5-19-39(20-6-1)57(40-21-7-2-8-22-40)43-29-31-47-49(37-43)55(33-15-16-34-55)53-51(47)45-27-13-14-28-46(45)52-48-32-30-44(38-50(48)56(54(52)53)35-17-18-36-56)58(41-23-9-3-10-24-41)42-25-11-4-12-26-42/h1-14,19-32,37-38,53-54H,15-18,33-36H2. The predicted molar refractivity (Wildman–Crippen MR) is 240 cm³/mol. The van der Waals surface area contributed by atoms with E-state index in [4.69, 9.17) is 0 Å². The summed E-state index contributed by atoms with van der Waals surface area (Å²) in [5, 5.41) is 2.94. The van der Waals surface area contributed by atoms with E-state index in [9.17, 15) is 0 Å². The number of benzene rings is 7. The van der Waals surface area contributed by atoms with Gasteiger partial charge in [-0.15, -0.1) is 0 Å². The maximum Gasteiger partial charge on any atom is 0.0464 e. The van der Waals surface area contributed by atoms with Crippen LogP contribution in [-0.2, 0) is 10.8 Å². The largest absolute Gasteiger partial charge is 0.310 e. The molecule has 2 atom stereocenters. The molecule has 0 bridgehead atoms. The molecule has 0 aromatic heterocycles. The molecule has 0 aliphatic heterocycles. The van der Waals surface area contributed by atoms with Gasteiger partial charge in [-0.25, -0.2) is 0 Å². The van der Waals surface area contributed by atoms with Crippen LogP contribution in [0.25, 0.3) is 11.1 Å². The van der Waals surface area contributed by atoms with E-state index in [0.29, 0.717) is 11.8 Å². The van der Waals surface area contributed by atoms with Gasteiger partial charge in [0.25, 0.3) is 0 Å². The Balaban J connectivity index is 1.09. The first-order chi connectivity index (χ1) is 28.8. The van der Waals surface area contributed by atoms with E-state index < -0.39 is 0 Å². The van der Waals surface area contributed by atoms with Crippen molar-refractivity contribution < 1.29 is 0 Å². The van der Waals surface area contributed by atoms with Gasteiger partial charge in [0.15, 0.2) is 0 Å². The summed E-state index contributed by atoms with van der Waals surface area (Å²) in [6.07, 6.45) is 10.2. The van der Waals surface area contributed by atoms with Crippen LogP contribution in [0.5, 0.6) is 0 Å². The van der Waals surface area contributed by atoms with E-state index in [1.165, 1.54) is 107 Å². The molecule has 2 fully saturated rings. The maximum atomic E-state index is 2.63. The summed E-state index contributed by atoms with van der Waals surface area (Å²) in [6.45, 7) is 0. The van der Waals surface area contributed by atoms with Crippen LogP contribution in [0.2, 0.25) is 0 Å². The van der Waals surface area contributed by atoms with Crippen LogP contribution in [0.1, 0.15) is 73.6 Å². The molecule has 282 valence electrons. The van der Waals surface area contributed by atoms with Gasteiger partial charge >= 0.3 is 0 Å². The summed E-state index contributed by atoms with van der Waals surface area (Å²) in [7, 11) is 0. The lowest BCUT2D eigenvalue weighted by Crippen LogP contribution is -2.48. The molecule has 2 heteroatoms. The molecule has 7 aromatic carbocycles. The normalized spacial score (nSPS) is 20.1. The average molecular weight is 749 g/mol. The Hall–Kier alpha value is -6.12. The topological polar surface area (TPSA) is 6.48 Å². The van der Waals surface area contributed by atoms with Crippen molar-refractivity contribution in [1.82, 2.24) is 0 Å². The molecule has 0 N–H and O–H groups in total. The van der Waals surface area contributed by atoms with Gasteiger partial charge in [0, 0.05) is 56.8 Å². The Morgan fingerprint density at radius 1 is 0.328 bits per heavy atom. The minimum Gasteiger partial charge on any atom is -0.310 e. The molecule has 58 heavy (non-hydrogen) atoms. The summed E-state index contributed by atoms with van der Waals surface area (Å²) >= 11 is 0. The van der Waals surface area contributed by atoms with Crippen LogP contribution in [0.3, 0.4) is 0 Å². The second-order valence-electron chi connectivity index (χ2n) is 17.5. The number of hydrogen-bond acceptors (Lipinski definition) is 2. The second-order valence-corrected chi connectivity index (χ2v) is 17.5. The number of anilines is 6. The van der Waals surface area contributed by atoms with Crippen LogP contribution < -0.4 is 20.2 Å². The Labute approximate surface area is 342 Å². The highest BCUT2D eigenvalue weighted by Gasteiger charge is 2.63. The SMILES string of the molecule is c1ccc(N(c2ccccc2)c2ccc3c(c2)C2(CCCC2)C2C3=c3ccccc3=C3c4ccc(N(c5ccccc5)c5ccccc5)cc4C4(CCCC4)C32)cc1.